The third-order valence-electron chi connectivity index (χ3n) is 5.48. The van der Waals surface area contributed by atoms with E-state index in [1.807, 2.05) is 0 Å². The van der Waals surface area contributed by atoms with Crippen molar-refractivity contribution in [2.24, 2.45) is 0 Å². The van der Waals surface area contributed by atoms with Crippen LogP contribution in [0.2, 0.25) is 0 Å². The predicted molar refractivity (Wildman–Crippen MR) is 103 cm³/mol. The molecule has 0 unspecified atom stereocenters. The van der Waals surface area contributed by atoms with Crippen LogP contribution in [0.4, 0.5) is 0 Å². The maximum atomic E-state index is 12.8. The summed E-state index contributed by atoms with van der Waals surface area (Å²) < 4.78 is 7.98. The van der Waals surface area contributed by atoms with Crippen LogP contribution in [0, 0.1) is 0 Å². The number of thioether (sulfide) groups is 1. The Balaban J connectivity index is 1.65. The molecule has 2 fully saturated rings. The van der Waals surface area contributed by atoms with Gasteiger partial charge in [0.25, 0.3) is 0 Å². The first-order valence-electron chi connectivity index (χ1n) is 10.1. The van der Waals surface area contributed by atoms with E-state index in [4.69, 9.17) is 4.74 Å². The molecular formula is C19H32N4O2S. The van der Waals surface area contributed by atoms with Gasteiger partial charge in [0.1, 0.15) is 5.82 Å². The van der Waals surface area contributed by atoms with Crippen LogP contribution in [0.1, 0.15) is 65.1 Å². The second-order valence-corrected chi connectivity index (χ2v) is 8.56. The van der Waals surface area contributed by atoms with E-state index in [1.165, 1.54) is 18.2 Å². The number of piperidine rings is 1. The number of amides is 1. The van der Waals surface area contributed by atoms with Gasteiger partial charge in [-0.3, -0.25) is 4.79 Å². The molecule has 3 rings (SSSR count). The Morgan fingerprint density at radius 1 is 1.19 bits per heavy atom. The lowest BCUT2D eigenvalue weighted by Crippen LogP contribution is -2.48. The van der Waals surface area contributed by atoms with Gasteiger partial charge in [-0.2, -0.15) is 0 Å². The zero-order valence-corrected chi connectivity index (χ0v) is 17.1. The Morgan fingerprint density at radius 3 is 2.62 bits per heavy atom. The maximum Gasteiger partial charge on any atom is 0.233 e. The van der Waals surface area contributed by atoms with Gasteiger partial charge in [-0.25, -0.2) is 0 Å². The molecule has 1 aromatic heterocycles. The number of aromatic nitrogens is 3. The summed E-state index contributed by atoms with van der Waals surface area (Å²) in [7, 11) is 0. The molecule has 2 aliphatic heterocycles. The number of hydrogen-bond donors (Lipinski definition) is 0. The van der Waals surface area contributed by atoms with Crippen molar-refractivity contribution in [3.8, 4) is 0 Å². The summed E-state index contributed by atoms with van der Waals surface area (Å²) in [6.45, 7) is 8.13. The number of likely N-dealkylation sites (tertiary alicyclic amines) is 1. The van der Waals surface area contributed by atoms with Gasteiger partial charge in [-0.05, 0) is 52.4 Å². The van der Waals surface area contributed by atoms with E-state index in [0.29, 0.717) is 17.8 Å². The number of nitrogens with zero attached hydrogens (tertiary/aromatic N) is 4. The van der Waals surface area contributed by atoms with Gasteiger partial charge in [0.2, 0.25) is 5.91 Å². The first-order chi connectivity index (χ1) is 12.6. The molecule has 2 aliphatic rings. The molecule has 146 valence electrons. The first-order valence-corrected chi connectivity index (χ1v) is 11.1. The molecule has 0 aromatic carbocycles. The fourth-order valence-corrected chi connectivity index (χ4v) is 4.96. The monoisotopic (exact) mass is 380 g/mol. The van der Waals surface area contributed by atoms with E-state index < -0.39 is 0 Å². The van der Waals surface area contributed by atoms with E-state index in [9.17, 15) is 4.79 Å². The summed E-state index contributed by atoms with van der Waals surface area (Å²) in [4.78, 5) is 14.9. The van der Waals surface area contributed by atoms with Gasteiger partial charge in [0, 0.05) is 25.1 Å². The summed E-state index contributed by atoms with van der Waals surface area (Å²) in [5.74, 6) is 1.67. The number of hydrogen-bond acceptors (Lipinski definition) is 5. The van der Waals surface area contributed by atoms with Crippen molar-refractivity contribution in [2.75, 3.05) is 12.4 Å². The summed E-state index contributed by atoms with van der Waals surface area (Å²) >= 11 is 1.53. The Kier molecular flexibility index (Phi) is 6.98. The molecule has 2 saturated heterocycles. The van der Waals surface area contributed by atoms with Crippen molar-refractivity contribution in [3.05, 3.63) is 5.82 Å². The first kappa shape index (κ1) is 19.7. The molecule has 0 radical (unpaired) electrons. The number of carbonyl (C=O) groups excluding carboxylic acids is 1. The van der Waals surface area contributed by atoms with Crippen molar-refractivity contribution >= 4 is 17.7 Å². The summed E-state index contributed by atoms with van der Waals surface area (Å²) in [6, 6.07) is 0.680. The highest BCUT2D eigenvalue weighted by Gasteiger charge is 2.29. The second kappa shape index (κ2) is 9.22. The molecule has 0 saturated carbocycles. The van der Waals surface area contributed by atoms with Gasteiger partial charge in [-0.1, -0.05) is 18.7 Å². The summed E-state index contributed by atoms with van der Waals surface area (Å²) in [6.07, 6.45) is 7.85. The number of ether oxygens (including phenoxy) is 1. The topological polar surface area (TPSA) is 60.2 Å². The second-order valence-electron chi connectivity index (χ2n) is 7.61. The third-order valence-corrected chi connectivity index (χ3v) is 6.44. The molecule has 0 aliphatic carbocycles. The standard InChI is InChI=1S/C19H32N4O2S/c1-4-7-17-20-21-19(22(17)12-16-10-6-11-25-16)26-13-18(24)23-14(2)8-5-9-15(23)3/h14-16H,4-13H2,1-3H3/t14-,15+,16-/m0/s1. The van der Waals surface area contributed by atoms with Crippen LogP contribution >= 0.6 is 11.8 Å². The van der Waals surface area contributed by atoms with Gasteiger partial charge < -0.3 is 14.2 Å². The Labute approximate surface area is 161 Å². The van der Waals surface area contributed by atoms with Crippen LogP contribution in [0.15, 0.2) is 5.16 Å². The molecule has 3 atom stereocenters. The average Bonchev–Trinajstić information content (AvgIpc) is 3.25. The van der Waals surface area contributed by atoms with E-state index in [2.05, 4.69) is 40.4 Å². The van der Waals surface area contributed by atoms with Crippen LogP contribution in [-0.2, 0) is 22.5 Å². The molecule has 26 heavy (non-hydrogen) atoms. The van der Waals surface area contributed by atoms with Gasteiger partial charge in [0.05, 0.1) is 18.4 Å². The highest BCUT2D eigenvalue weighted by atomic mass is 32.2. The van der Waals surface area contributed by atoms with Crippen LogP contribution < -0.4 is 0 Å². The van der Waals surface area contributed by atoms with E-state index in [-0.39, 0.29) is 12.0 Å². The van der Waals surface area contributed by atoms with E-state index in [0.717, 1.165) is 62.7 Å². The van der Waals surface area contributed by atoms with E-state index >= 15 is 0 Å². The maximum absolute atomic E-state index is 12.8. The van der Waals surface area contributed by atoms with Crippen LogP contribution in [0.5, 0.6) is 0 Å². The average molecular weight is 381 g/mol. The molecule has 6 nitrogen and oxygen atoms in total. The largest absolute Gasteiger partial charge is 0.376 e. The Hall–Kier alpha value is -1.08. The number of rotatable bonds is 7. The van der Waals surface area contributed by atoms with Gasteiger partial charge >= 0.3 is 0 Å². The van der Waals surface area contributed by atoms with Crippen LogP contribution in [0.3, 0.4) is 0 Å². The van der Waals surface area contributed by atoms with Crippen LogP contribution in [0.25, 0.3) is 0 Å². The normalized spacial score (nSPS) is 26.4. The fourth-order valence-electron chi connectivity index (χ4n) is 4.12. The zero-order chi connectivity index (χ0) is 18.5. The fraction of sp³-hybridized carbons (Fsp3) is 0.842. The molecule has 1 aromatic rings. The quantitative estimate of drug-likeness (QED) is 0.679. The van der Waals surface area contributed by atoms with E-state index in [1.54, 1.807) is 0 Å². The minimum atomic E-state index is 0.221. The smallest absolute Gasteiger partial charge is 0.233 e. The van der Waals surface area contributed by atoms with Crippen molar-refractivity contribution < 1.29 is 9.53 Å². The van der Waals surface area contributed by atoms with Crippen molar-refractivity contribution in [3.63, 3.8) is 0 Å². The Morgan fingerprint density at radius 2 is 1.96 bits per heavy atom. The minimum absolute atomic E-state index is 0.221. The third kappa shape index (κ3) is 4.60. The number of carbonyl (C=O) groups is 1. The number of aryl methyl sites for hydroxylation is 1. The lowest BCUT2D eigenvalue weighted by Gasteiger charge is -2.39. The SMILES string of the molecule is CCCc1nnc(SCC(=O)N2[C@H](C)CCC[C@@H]2C)n1C[C@@H]1CCCO1. The van der Waals surface area contributed by atoms with Gasteiger partial charge in [0.15, 0.2) is 5.16 Å². The summed E-state index contributed by atoms with van der Waals surface area (Å²) in [5, 5.41) is 9.62. The lowest BCUT2D eigenvalue weighted by molar-refractivity contribution is -0.134. The molecular weight excluding hydrogens is 348 g/mol. The predicted octanol–water partition coefficient (Wildman–Crippen LogP) is 3.29. The highest BCUT2D eigenvalue weighted by molar-refractivity contribution is 7.99. The van der Waals surface area contributed by atoms with Crippen LogP contribution in [-0.4, -0.2) is 56.1 Å². The zero-order valence-electron chi connectivity index (χ0n) is 16.3. The van der Waals surface area contributed by atoms with Gasteiger partial charge in [-0.15, -0.1) is 10.2 Å². The molecule has 0 spiro atoms. The molecule has 0 N–H and O–H groups in total. The molecule has 0 bridgehead atoms. The van der Waals surface area contributed by atoms with Crippen molar-refractivity contribution in [1.82, 2.24) is 19.7 Å². The van der Waals surface area contributed by atoms with Crippen molar-refractivity contribution in [2.45, 2.75) is 95.6 Å². The molecule has 3 heterocycles. The lowest BCUT2D eigenvalue weighted by atomic mass is 9.98. The molecule has 7 heteroatoms. The minimum Gasteiger partial charge on any atom is -0.376 e. The highest BCUT2D eigenvalue weighted by Crippen LogP contribution is 2.26. The summed E-state index contributed by atoms with van der Waals surface area (Å²) in [5.41, 5.74) is 0. The molecule has 1 amide bonds. The van der Waals surface area contributed by atoms with Crippen molar-refractivity contribution in [1.29, 1.82) is 0 Å². The Bertz CT molecular complexity index is 590.